The van der Waals surface area contributed by atoms with Crippen molar-refractivity contribution in [2.45, 2.75) is 4.90 Å². The molecule has 0 amide bonds. The van der Waals surface area contributed by atoms with Crippen molar-refractivity contribution < 1.29 is 0 Å². The van der Waals surface area contributed by atoms with Crippen molar-refractivity contribution in [3.05, 3.63) is 40.9 Å². The summed E-state index contributed by atoms with van der Waals surface area (Å²) in [4.78, 5) is 28.8. The third-order valence-electron chi connectivity index (χ3n) is 3.04. The molecule has 2 heterocycles. The lowest BCUT2D eigenvalue weighted by Crippen LogP contribution is -2.18. The number of hydrogen-bond acceptors (Lipinski definition) is 5. The number of rotatable bonds is 3. The van der Waals surface area contributed by atoms with Crippen molar-refractivity contribution in [1.82, 2.24) is 19.9 Å². The number of H-pyrrole nitrogens is 2. The number of benzene rings is 1. The van der Waals surface area contributed by atoms with Crippen LogP contribution >= 0.6 is 11.8 Å². The van der Waals surface area contributed by atoms with E-state index in [9.17, 15) is 4.79 Å². The van der Waals surface area contributed by atoms with Gasteiger partial charge in [0.25, 0.3) is 5.56 Å². The molecule has 0 saturated carbocycles. The van der Waals surface area contributed by atoms with E-state index in [4.69, 9.17) is 0 Å². The Labute approximate surface area is 119 Å². The van der Waals surface area contributed by atoms with E-state index in [1.165, 1.54) is 6.33 Å². The minimum absolute atomic E-state index is 0.227. The fourth-order valence-corrected chi connectivity index (χ4v) is 2.38. The first-order valence-electron chi connectivity index (χ1n) is 6.00. The van der Waals surface area contributed by atoms with E-state index in [2.05, 4.69) is 19.9 Å². The zero-order valence-corrected chi connectivity index (χ0v) is 11.9. The first-order chi connectivity index (χ1) is 9.69. The molecule has 7 heteroatoms. The fourth-order valence-electron chi connectivity index (χ4n) is 1.93. The van der Waals surface area contributed by atoms with Crippen LogP contribution in [0.15, 0.2) is 40.3 Å². The van der Waals surface area contributed by atoms with Gasteiger partial charge in [-0.1, -0.05) is 6.07 Å². The summed E-state index contributed by atoms with van der Waals surface area (Å²) in [6, 6.07) is 8.02. The molecule has 0 spiro atoms. The Balaban J connectivity index is 2.07. The second kappa shape index (κ2) is 5.01. The maximum absolute atomic E-state index is 11.9. The van der Waals surface area contributed by atoms with Crippen LogP contribution in [0.1, 0.15) is 0 Å². The first kappa shape index (κ1) is 12.7. The van der Waals surface area contributed by atoms with E-state index >= 15 is 0 Å². The third kappa shape index (κ3) is 2.16. The predicted octanol–water partition coefficient (Wildman–Crippen LogP) is 2.14. The van der Waals surface area contributed by atoms with Crippen molar-refractivity contribution in [2.75, 3.05) is 18.2 Å². The highest BCUT2D eigenvalue weighted by molar-refractivity contribution is 7.98. The third-order valence-corrected chi connectivity index (χ3v) is 3.77. The lowest BCUT2D eigenvalue weighted by molar-refractivity contribution is 1.04. The Kier molecular flexibility index (Phi) is 3.19. The van der Waals surface area contributed by atoms with Crippen molar-refractivity contribution in [3.8, 4) is 0 Å². The average molecular weight is 287 g/mol. The Morgan fingerprint density at radius 3 is 3.00 bits per heavy atom. The predicted molar refractivity (Wildman–Crippen MR) is 80.8 cm³/mol. The number of thioether (sulfide) groups is 1. The number of hydrogen-bond donors (Lipinski definition) is 2. The summed E-state index contributed by atoms with van der Waals surface area (Å²) < 4.78 is 0. The van der Waals surface area contributed by atoms with Crippen LogP contribution in [-0.2, 0) is 0 Å². The zero-order chi connectivity index (χ0) is 14.1. The van der Waals surface area contributed by atoms with E-state index < -0.39 is 0 Å². The molecule has 0 aliphatic carbocycles. The number of imidazole rings is 1. The van der Waals surface area contributed by atoms with E-state index in [1.807, 2.05) is 42.5 Å². The van der Waals surface area contributed by atoms with Crippen molar-refractivity contribution in [1.29, 1.82) is 0 Å². The fraction of sp³-hybridized carbons (Fsp3) is 0.154. The monoisotopic (exact) mass is 287 g/mol. The normalized spacial score (nSPS) is 10.9. The number of fused-ring (bicyclic) bond motifs is 1. The molecular weight excluding hydrogens is 274 g/mol. The van der Waals surface area contributed by atoms with Crippen molar-refractivity contribution in [2.24, 2.45) is 0 Å². The Morgan fingerprint density at radius 2 is 2.20 bits per heavy atom. The van der Waals surface area contributed by atoms with Crippen LogP contribution in [0.5, 0.6) is 0 Å². The van der Waals surface area contributed by atoms with Gasteiger partial charge in [-0.05, 0) is 24.5 Å². The summed E-state index contributed by atoms with van der Waals surface area (Å²) in [7, 11) is 1.86. The molecule has 3 aromatic rings. The summed E-state index contributed by atoms with van der Waals surface area (Å²) in [6.07, 6.45) is 3.49. The number of anilines is 2. The number of aromatic amines is 2. The Bertz CT molecular complexity index is 810. The van der Waals surface area contributed by atoms with Gasteiger partial charge in [-0.25, -0.2) is 4.98 Å². The van der Waals surface area contributed by atoms with Crippen LogP contribution in [0.4, 0.5) is 11.6 Å². The van der Waals surface area contributed by atoms with Gasteiger partial charge < -0.3 is 9.88 Å². The Morgan fingerprint density at radius 1 is 1.35 bits per heavy atom. The van der Waals surface area contributed by atoms with E-state index in [1.54, 1.807) is 11.8 Å². The second-order valence-corrected chi connectivity index (χ2v) is 5.13. The molecule has 0 aliphatic heterocycles. The molecule has 2 aromatic heterocycles. The molecule has 0 fully saturated rings. The molecule has 0 saturated heterocycles. The standard InChI is InChI=1S/C13H13N5OS/c1-18(8-4-3-5-9(6-8)20-2)13-16-11-10(12(19)17-13)14-7-15-11/h3-7H,1-2H3,(H2,14,15,16,17,19). The van der Waals surface area contributed by atoms with Crippen LogP contribution in [0, 0.1) is 0 Å². The smallest absolute Gasteiger partial charge is 0.278 e. The molecule has 0 atom stereocenters. The highest BCUT2D eigenvalue weighted by Crippen LogP contribution is 2.24. The van der Waals surface area contributed by atoms with Crippen LogP contribution in [-0.4, -0.2) is 33.2 Å². The summed E-state index contributed by atoms with van der Waals surface area (Å²) >= 11 is 1.67. The molecule has 3 rings (SSSR count). The van der Waals surface area contributed by atoms with Gasteiger partial charge in [0.2, 0.25) is 5.95 Å². The van der Waals surface area contributed by atoms with Gasteiger partial charge in [0.05, 0.1) is 6.33 Å². The van der Waals surface area contributed by atoms with Gasteiger partial charge in [0.1, 0.15) is 0 Å². The van der Waals surface area contributed by atoms with Gasteiger partial charge >= 0.3 is 0 Å². The zero-order valence-electron chi connectivity index (χ0n) is 11.0. The molecule has 6 nitrogen and oxygen atoms in total. The minimum atomic E-state index is -0.227. The van der Waals surface area contributed by atoms with Gasteiger partial charge in [-0.2, -0.15) is 4.98 Å². The topological polar surface area (TPSA) is 77.7 Å². The molecule has 0 bridgehead atoms. The van der Waals surface area contributed by atoms with E-state index in [-0.39, 0.29) is 5.56 Å². The largest absolute Gasteiger partial charge is 0.339 e. The maximum Gasteiger partial charge on any atom is 0.278 e. The summed E-state index contributed by atoms with van der Waals surface area (Å²) in [5.41, 5.74) is 1.53. The Hall–Kier alpha value is -2.28. The summed E-state index contributed by atoms with van der Waals surface area (Å²) in [5, 5.41) is 0. The van der Waals surface area contributed by atoms with Gasteiger partial charge in [0, 0.05) is 17.6 Å². The SMILES string of the molecule is CSc1cccc(N(C)c2nc3nc[nH]c3c(=O)[nH]2)c1. The molecular formula is C13H13N5OS. The molecule has 1 aromatic carbocycles. The van der Waals surface area contributed by atoms with Gasteiger partial charge in [-0.15, -0.1) is 11.8 Å². The quantitative estimate of drug-likeness (QED) is 0.722. The lowest BCUT2D eigenvalue weighted by Gasteiger charge is -2.18. The number of nitrogens with one attached hydrogen (secondary N) is 2. The summed E-state index contributed by atoms with van der Waals surface area (Å²) in [5.74, 6) is 0.466. The number of nitrogens with zero attached hydrogens (tertiary/aromatic N) is 3. The van der Waals surface area contributed by atoms with Crippen molar-refractivity contribution >= 4 is 34.6 Å². The highest BCUT2D eigenvalue weighted by Gasteiger charge is 2.11. The van der Waals surface area contributed by atoms with Crippen molar-refractivity contribution in [3.63, 3.8) is 0 Å². The summed E-state index contributed by atoms with van der Waals surface area (Å²) in [6.45, 7) is 0. The van der Waals surface area contributed by atoms with E-state index in [0.717, 1.165) is 10.6 Å². The molecule has 0 unspecified atom stereocenters. The molecule has 20 heavy (non-hydrogen) atoms. The molecule has 0 aliphatic rings. The van der Waals surface area contributed by atoms with Crippen LogP contribution < -0.4 is 10.5 Å². The van der Waals surface area contributed by atoms with Gasteiger partial charge in [-0.3, -0.25) is 9.78 Å². The van der Waals surface area contributed by atoms with Crippen LogP contribution in [0.3, 0.4) is 0 Å². The molecule has 0 radical (unpaired) electrons. The highest BCUT2D eigenvalue weighted by atomic mass is 32.2. The average Bonchev–Trinajstić information content (AvgIpc) is 2.95. The molecule has 2 N–H and O–H groups in total. The number of aromatic nitrogens is 4. The minimum Gasteiger partial charge on any atom is -0.339 e. The second-order valence-electron chi connectivity index (χ2n) is 4.25. The lowest BCUT2D eigenvalue weighted by atomic mass is 10.3. The van der Waals surface area contributed by atoms with Crippen LogP contribution in [0.25, 0.3) is 11.2 Å². The van der Waals surface area contributed by atoms with E-state index in [0.29, 0.717) is 17.1 Å². The van der Waals surface area contributed by atoms with Crippen LogP contribution in [0.2, 0.25) is 0 Å². The molecule has 102 valence electrons. The van der Waals surface area contributed by atoms with Gasteiger partial charge in [0.15, 0.2) is 11.2 Å². The first-order valence-corrected chi connectivity index (χ1v) is 7.22. The maximum atomic E-state index is 11.9.